The molecule has 0 unspecified atom stereocenters. The van der Waals surface area contributed by atoms with E-state index in [0.717, 1.165) is 23.5 Å². The Balaban J connectivity index is 1.44. The van der Waals surface area contributed by atoms with Crippen LogP contribution in [0.1, 0.15) is 22.0 Å². The third-order valence-corrected chi connectivity index (χ3v) is 6.24. The van der Waals surface area contributed by atoms with E-state index in [-0.39, 0.29) is 11.7 Å². The van der Waals surface area contributed by atoms with Gasteiger partial charge in [0.25, 0.3) is 0 Å². The Bertz CT molecular complexity index is 1070. The number of para-hydroxylation sites is 1. The lowest BCUT2D eigenvalue weighted by molar-refractivity contribution is -0.136. The van der Waals surface area contributed by atoms with Crippen LogP contribution >= 0.6 is 11.3 Å². The van der Waals surface area contributed by atoms with Crippen LogP contribution in [-0.4, -0.2) is 24.9 Å². The SMILES string of the molecule is Cc1ccc(NC(=O)C(=O)NC[C@H](c2cccs2)N2CCc3ccccc32)cc1F. The van der Waals surface area contributed by atoms with Crippen molar-refractivity contribution in [3.8, 4) is 0 Å². The van der Waals surface area contributed by atoms with Crippen LogP contribution in [-0.2, 0) is 16.0 Å². The highest BCUT2D eigenvalue weighted by Gasteiger charge is 2.28. The summed E-state index contributed by atoms with van der Waals surface area (Å²) in [5, 5.41) is 7.20. The molecule has 0 saturated heterocycles. The molecule has 0 fully saturated rings. The Morgan fingerprint density at radius 1 is 1.13 bits per heavy atom. The number of amides is 2. The molecule has 5 nitrogen and oxygen atoms in total. The van der Waals surface area contributed by atoms with E-state index in [4.69, 9.17) is 0 Å². The van der Waals surface area contributed by atoms with Crippen LogP contribution in [0, 0.1) is 12.7 Å². The van der Waals surface area contributed by atoms with Gasteiger partial charge in [0.1, 0.15) is 5.82 Å². The van der Waals surface area contributed by atoms with Crippen LogP contribution in [0.5, 0.6) is 0 Å². The van der Waals surface area contributed by atoms with Gasteiger partial charge in [0, 0.05) is 29.3 Å². The molecule has 0 bridgehead atoms. The maximum Gasteiger partial charge on any atom is 0.313 e. The summed E-state index contributed by atoms with van der Waals surface area (Å²) >= 11 is 1.62. The second kappa shape index (κ2) is 8.67. The third kappa shape index (κ3) is 4.21. The van der Waals surface area contributed by atoms with Gasteiger partial charge in [0.2, 0.25) is 0 Å². The molecule has 0 aliphatic carbocycles. The van der Waals surface area contributed by atoms with Crippen LogP contribution < -0.4 is 15.5 Å². The highest BCUT2D eigenvalue weighted by molar-refractivity contribution is 7.10. The maximum atomic E-state index is 13.7. The third-order valence-electron chi connectivity index (χ3n) is 5.26. The van der Waals surface area contributed by atoms with Gasteiger partial charge in [-0.1, -0.05) is 30.3 Å². The second-order valence-corrected chi connectivity index (χ2v) is 8.21. The molecule has 7 heteroatoms. The summed E-state index contributed by atoms with van der Waals surface area (Å²) in [5.74, 6) is -1.99. The monoisotopic (exact) mass is 423 g/mol. The van der Waals surface area contributed by atoms with Crippen molar-refractivity contribution in [2.75, 3.05) is 23.3 Å². The Hall–Kier alpha value is -3.19. The fraction of sp³-hybridized carbons (Fsp3) is 0.217. The number of carbonyl (C=O) groups is 2. The smallest absolute Gasteiger partial charge is 0.313 e. The van der Waals surface area contributed by atoms with Crippen LogP contribution in [0.3, 0.4) is 0 Å². The number of carbonyl (C=O) groups excluding carboxylic acids is 2. The number of hydrogen-bond donors (Lipinski definition) is 2. The van der Waals surface area contributed by atoms with Crippen LogP contribution in [0.2, 0.25) is 0 Å². The predicted molar refractivity (Wildman–Crippen MR) is 117 cm³/mol. The number of fused-ring (bicyclic) bond motifs is 1. The van der Waals surface area contributed by atoms with Gasteiger partial charge in [-0.2, -0.15) is 0 Å². The molecule has 1 atom stereocenters. The molecule has 2 N–H and O–H groups in total. The number of aryl methyl sites for hydroxylation is 1. The first-order valence-corrected chi connectivity index (χ1v) is 10.6. The molecule has 3 aromatic rings. The second-order valence-electron chi connectivity index (χ2n) is 7.23. The van der Waals surface area contributed by atoms with Crippen molar-refractivity contribution in [2.45, 2.75) is 19.4 Å². The van der Waals surface area contributed by atoms with Crippen molar-refractivity contribution < 1.29 is 14.0 Å². The zero-order chi connectivity index (χ0) is 21.1. The number of anilines is 2. The van der Waals surface area contributed by atoms with E-state index in [0.29, 0.717) is 12.1 Å². The average Bonchev–Trinajstić information content (AvgIpc) is 3.42. The summed E-state index contributed by atoms with van der Waals surface area (Å²) in [7, 11) is 0. The average molecular weight is 424 g/mol. The maximum absolute atomic E-state index is 13.7. The summed E-state index contributed by atoms with van der Waals surface area (Å²) in [4.78, 5) is 28.1. The predicted octanol–water partition coefficient (Wildman–Crippen LogP) is 4.05. The van der Waals surface area contributed by atoms with Gasteiger partial charge in [-0.25, -0.2) is 4.39 Å². The van der Waals surface area contributed by atoms with Crippen LogP contribution in [0.4, 0.5) is 15.8 Å². The van der Waals surface area contributed by atoms with Gasteiger partial charge in [-0.05, 0) is 54.1 Å². The van der Waals surface area contributed by atoms with Gasteiger partial charge in [-0.3, -0.25) is 9.59 Å². The summed E-state index contributed by atoms with van der Waals surface area (Å²) in [5.41, 5.74) is 3.16. The van der Waals surface area contributed by atoms with Crippen molar-refractivity contribution in [1.29, 1.82) is 0 Å². The molecule has 154 valence electrons. The molecule has 1 aliphatic rings. The number of hydrogen-bond acceptors (Lipinski definition) is 4. The quantitative estimate of drug-likeness (QED) is 0.609. The van der Waals surface area contributed by atoms with E-state index in [1.807, 2.05) is 29.6 Å². The van der Waals surface area contributed by atoms with Crippen molar-refractivity contribution in [3.05, 3.63) is 81.8 Å². The lowest BCUT2D eigenvalue weighted by atomic mass is 10.1. The zero-order valence-electron chi connectivity index (χ0n) is 16.5. The first-order valence-electron chi connectivity index (χ1n) is 9.76. The first kappa shape index (κ1) is 20.1. The highest BCUT2D eigenvalue weighted by Crippen LogP contribution is 2.36. The summed E-state index contributed by atoms with van der Waals surface area (Å²) in [6, 6.07) is 16.5. The molecule has 1 aliphatic heterocycles. The van der Waals surface area contributed by atoms with Gasteiger partial charge >= 0.3 is 11.8 Å². The molecular weight excluding hydrogens is 401 g/mol. The number of benzene rings is 2. The van der Waals surface area contributed by atoms with E-state index < -0.39 is 17.6 Å². The molecule has 2 amide bonds. The van der Waals surface area contributed by atoms with E-state index in [9.17, 15) is 14.0 Å². The van der Waals surface area contributed by atoms with Crippen LogP contribution in [0.25, 0.3) is 0 Å². The summed E-state index contributed by atoms with van der Waals surface area (Å²) < 4.78 is 13.7. The molecule has 0 radical (unpaired) electrons. The minimum atomic E-state index is -0.815. The topological polar surface area (TPSA) is 61.4 Å². The Morgan fingerprint density at radius 3 is 2.73 bits per heavy atom. The van der Waals surface area contributed by atoms with Crippen molar-refractivity contribution >= 4 is 34.5 Å². The molecular formula is C23H22FN3O2S. The Kier molecular flexibility index (Phi) is 5.81. The molecule has 0 spiro atoms. The number of nitrogens with zero attached hydrogens (tertiary/aromatic N) is 1. The minimum Gasteiger partial charge on any atom is -0.361 e. The number of halogens is 1. The molecule has 2 heterocycles. The number of rotatable bonds is 5. The Labute approximate surface area is 178 Å². The van der Waals surface area contributed by atoms with Crippen molar-refractivity contribution in [3.63, 3.8) is 0 Å². The van der Waals surface area contributed by atoms with Crippen LogP contribution in [0.15, 0.2) is 60.0 Å². The lowest BCUT2D eigenvalue weighted by Gasteiger charge is -2.30. The van der Waals surface area contributed by atoms with Gasteiger partial charge in [0.15, 0.2) is 0 Å². The normalized spacial score (nSPS) is 13.6. The molecule has 0 saturated carbocycles. The highest BCUT2D eigenvalue weighted by atomic mass is 32.1. The van der Waals surface area contributed by atoms with Crippen molar-refractivity contribution in [2.24, 2.45) is 0 Å². The Morgan fingerprint density at radius 2 is 1.97 bits per heavy atom. The summed E-state index contributed by atoms with van der Waals surface area (Å²) in [6.45, 7) is 2.78. The number of thiophene rings is 1. The first-order chi connectivity index (χ1) is 14.5. The van der Waals surface area contributed by atoms with E-state index >= 15 is 0 Å². The van der Waals surface area contributed by atoms with Gasteiger partial charge in [0.05, 0.1) is 6.04 Å². The van der Waals surface area contributed by atoms with E-state index in [1.165, 1.54) is 11.6 Å². The van der Waals surface area contributed by atoms with Crippen molar-refractivity contribution in [1.82, 2.24) is 5.32 Å². The standard InChI is InChI=1S/C23H22FN3O2S/c1-15-8-9-17(13-18(15)24)26-23(29)22(28)25-14-20(21-7-4-12-30-21)27-11-10-16-5-2-3-6-19(16)27/h2-9,12-13,20H,10-11,14H2,1H3,(H,25,28)(H,26,29)/t20-/m1/s1. The minimum absolute atomic E-state index is 0.0674. The van der Waals surface area contributed by atoms with Gasteiger partial charge < -0.3 is 15.5 Å². The lowest BCUT2D eigenvalue weighted by Crippen LogP contribution is -2.41. The molecule has 30 heavy (non-hydrogen) atoms. The fourth-order valence-electron chi connectivity index (χ4n) is 3.66. The molecule has 4 rings (SSSR count). The zero-order valence-corrected chi connectivity index (χ0v) is 17.3. The summed E-state index contributed by atoms with van der Waals surface area (Å²) in [6.07, 6.45) is 0.950. The molecule has 1 aromatic heterocycles. The number of nitrogens with one attached hydrogen (secondary N) is 2. The van der Waals surface area contributed by atoms with E-state index in [2.05, 4.69) is 27.7 Å². The largest absolute Gasteiger partial charge is 0.361 e. The van der Waals surface area contributed by atoms with Gasteiger partial charge in [-0.15, -0.1) is 11.3 Å². The fourth-order valence-corrected chi connectivity index (χ4v) is 4.50. The van der Waals surface area contributed by atoms with E-state index in [1.54, 1.807) is 30.4 Å². The molecule has 2 aromatic carbocycles.